The van der Waals surface area contributed by atoms with Crippen LogP contribution in [0.3, 0.4) is 0 Å². The van der Waals surface area contributed by atoms with Gasteiger partial charge in [-0.1, -0.05) is 0 Å². The summed E-state index contributed by atoms with van der Waals surface area (Å²) < 4.78 is 0.813. The van der Waals surface area contributed by atoms with Crippen LogP contribution in [0.4, 0.5) is 17.2 Å². The molecule has 0 aliphatic rings. The van der Waals surface area contributed by atoms with Crippen LogP contribution in [0.5, 0.6) is 0 Å². The molecule has 6 nitrogen and oxygen atoms in total. The largest absolute Gasteiger partial charge is 0.478 e. The lowest BCUT2D eigenvalue weighted by Crippen LogP contribution is -2.04. The summed E-state index contributed by atoms with van der Waals surface area (Å²) in [4.78, 5) is 18.7. The number of halogens is 1. The zero-order valence-corrected chi connectivity index (χ0v) is 10.7. The van der Waals surface area contributed by atoms with Crippen molar-refractivity contribution in [1.82, 2.24) is 9.97 Å². The van der Waals surface area contributed by atoms with Gasteiger partial charge in [-0.2, -0.15) is 0 Å². The number of hydrogen-bond donors (Lipinski definition) is 3. The number of pyridine rings is 2. The minimum Gasteiger partial charge on any atom is -0.478 e. The Labute approximate surface area is 111 Å². The van der Waals surface area contributed by atoms with Crippen molar-refractivity contribution in [3.63, 3.8) is 0 Å². The van der Waals surface area contributed by atoms with Crippen molar-refractivity contribution in [3.05, 3.63) is 40.8 Å². The number of rotatable bonds is 3. The van der Waals surface area contributed by atoms with E-state index in [2.05, 4.69) is 31.2 Å². The van der Waals surface area contributed by atoms with Crippen LogP contribution < -0.4 is 11.1 Å². The van der Waals surface area contributed by atoms with Gasteiger partial charge in [0.1, 0.15) is 0 Å². The quantitative estimate of drug-likeness (QED) is 0.804. The van der Waals surface area contributed by atoms with Gasteiger partial charge in [-0.15, -0.1) is 0 Å². The van der Waals surface area contributed by atoms with Gasteiger partial charge < -0.3 is 16.2 Å². The molecule has 0 radical (unpaired) electrons. The molecule has 2 aromatic rings. The number of carboxylic acid groups (broad SMARTS) is 1. The minimum atomic E-state index is -1.06. The molecule has 0 atom stereocenters. The first-order valence-electron chi connectivity index (χ1n) is 4.92. The van der Waals surface area contributed by atoms with Gasteiger partial charge in [0.05, 0.1) is 23.1 Å². The van der Waals surface area contributed by atoms with Crippen molar-refractivity contribution in [2.45, 2.75) is 0 Å². The fourth-order valence-corrected chi connectivity index (χ4v) is 1.68. The van der Waals surface area contributed by atoms with Crippen LogP contribution in [-0.4, -0.2) is 21.0 Å². The Morgan fingerprint density at radius 2 is 2.11 bits per heavy atom. The lowest BCUT2D eigenvalue weighted by Gasteiger charge is -2.08. The van der Waals surface area contributed by atoms with Gasteiger partial charge in [-0.3, -0.25) is 4.98 Å². The fourth-order valence-electron chi connectivity index (χ4n) is 1.32. The molecule has 0 unspecified atom stereocenters. The predicted molar refractivity (Wildman–Crippen MR) is 70.8 cm³/mol. The van der Waals surface area contributed by atoms with Crippen molar-refractivity contribution in [3.8, 4) is 0 Å². The molecule has 0 fully saturated rings. The standard InChI is InChI=1S/C11H9BrN4O2/c12-7-2-8(5-14-4-7)16-10-9(13)1-6(3-15-10)11(17)18/h1-5H,13H2,(H,15,16)(H,17,18). The maximum absolute atomic E-state index is 10.7. The van der Waals surface area contributed by atoms with Gasteiger partial charge in [-0.05, 0) is 28.1 Å². The average molecular weight is 309 g/mol. The molecule has 4 N–H and O–H groups in total. The molecule has 92 valence electrons. The first-order chi connectivity index (χ1) is 8.56. The maximum atomic E-state index is 10.7. The molecule has 18 heavy (non-hydrogen) atoms. The molecule has 7 heteroatoms. The highest BCUT2D eigenvalue weighted by Gasteiger charge is 2.08. The van der Waals surface area contributed by atoms with Gasteiger partial charge in [0.25, 0.3) is 0 Å². The van der Waals surface area contributed by atoms with E-state index in [1.807, 2.05) is 0 Å². The number of nitrogens with one attached hydrogen (secondary N) is 1. The van der Waals surface area contributed by atoms with E-state index >= 15 is 0 Å². The summed E-state index contributed by atoms with van der Waals surface area (Å²) >= 11 is 3.29. The summed E-state index contributed by atoms with van der Waals surface area (Å²) in [5.74, 6) is -0.676. The van der Waals surface area contributed by atoms with Crippen molar-refractivity contribution < 1.29 is 9.90 Å². The van der Waals surface area contributed by atoms with Crippen LogP contribution in [0, 0.1) is 0 Å². The highest BCUT2D eigenvalue weighted by atomic mass is 79.9. The normalized spacial score (nSPS) is 10.1. The second-order valence-electron chi connectivity index (χ2n) is 3.48. The number of nitrogen functional groups attached to an aromatic ring is 1. The highest BCUT2D eigenvalue weighted by Crippen LogP contribution is 2.22. The molecule has 2 rings (SSSR count). The Hall–Kier alpha value is -2.15. The van der Waals surface area contributed by atoms with E-state index < -0.39 is 5.97 Å². The van der Waals surface area contributed by atoms with E-state index in [0.717, 1.165) is 4.47 Å². The van der Waals surface area contributed by atoms with Crippen LogP contribution in [-0.2, 0) is 0 Å². The lowest BCUT2D eigenvalue weighted by atomic mass is 10.2. The first-order valence-corrected chi connectivity index (χ1v) is 5.72. The number of nitrogens with two attached hydrogens (primary N) is 1. The summed E-state index contributed by atoms with van der Waals surface area (Å²) in [5.41, 5.74) is 6.73. The van der Waals surface area contributed by atoms with Crippen molar-refractivity contribution in [2.24, 2.45) is 0 Å². The Kier molecular flexibility index (Phi) is 3.42. The van der Waals surface area contributed by atoms with Crippen LogP contribution in [0.15, 0.2) is 35.2 Å². The molecular weight excluding hydrogens is 300 g/mol. The second kappa shape index (κ2) is 5.01. The van der Waals surface area contributed by atoms with Crippen LogP contribution in [0.25, 0.3) is 0 Å². The fraction of sp³-hybridized carbons (Fsp3) is 0. The topological polar surface area (TPSA) is 101 Å². The Balaban J connectivity index is 2.27. The van der Waals surface area contributed by atoms with E-state index in [4.69, 9.17) is 10.8 Å². The molecule has 0 spiro atoms. The number of anilines is 3. The molecular formula is C11H9BrN4O2. The summed E-state index contributed by atoms with van der Waals surface area (Å²) in [6.45, 7) is 0. The number of carbonyl (C=O) groups is 1. The van der Waals surface area contributed by atoms with Gasteiger partial charge in [0, 0.05) is 16.9 Å². The molecule has 0 amide bonds. The molecule has 2 heterocycles. The second-order valence-corrected chi connectivity index (χ2v) is 4.40. The highest BCUT2D eigenvalue weighted by molar-refractivity contribution is 9.10. The average Bonchev–Trinajstić information content (AvgIpc) is 2.31. The summed E-state index contributed by atoms with van der Waals surface area (Å²) in [6, 6.07) is 3.16. The molecule has 0 saturated heterocycles. The van der Waals surface area contributed by atoms with E-state index in [-0.39, 0.29) is 11.3 Å². The minimum absolute atomic E-state index is 0.0467. The smallest absolute Gasteiger partial charge is 0.337 e. The number of hydrogen-bond acceptors (Lipinski definition) is 5. The molecule has 0 aliphatic carbocycles. The van der Waals surface area contributed by atoms with Crippen molar-refractivity contribution in [2.75, 3.05) is 11.1 Å². The monoisotopic (exact) mass is 308 g/mol. The van der Waals surface area contributed by atoms with Gasteiger partial charge in [0.15, 0.2) is 5.82 Å². The third-order valence-electron chi connectivity index (χ3n) is 2.13. The van der Waals surface area contributed by atoms with E-state index in [1.54, 1.807) is 18.5 Å². The molecule has 0 bridgehead atoms. The third kappa shape index (κ3) is 2.75. The van der Waals surface area contributed by atoms with Gasteiger partial charge in [-0.25, -0.2) is 9.78 Å². The summed E-state index contributed by atoms with van der Waals surface area (Å²) in [6.07, 6.45) is 4.50. The van der Waals surface area contributed by atoms with E-state index in [9.17, 15) is 4.79 Å². The van der Waals surface area contributed by atoms with Crippen molar-refractivity contribution in [1.29, 1.82) is 0 Å². The number of aromatic carboxylic acids is 1. The van der Waals surface area contributed by atoms with Gasteiger partial charge in [0.2, 0.25) is 0 Å². The number of nitrogens with zero attached hydrogens (tertiary/aromatic N) is 2. The zero-order chi connectivity index (χ0) is 13.1. The SMILES string of the molecule is Nc1cc(C(=O)O)cnc1Nc1cncc(Br)c1. The lowest BCUT2D eigenvalue weighted by molar-refractivity contribution is 0.0696. The zero-order valence-electron chi connectivity index (χ0n) is 9.09. The van der Waals surface area contributed by atoms with Crippen LogP contribution in [0.1, 0.15) is 10.4 Å². The van der Waals surface area contributed by atoms with Crippen molar-refractivity contribution >= 4 is 39.1 Å². The molecule has 0 saturated carbocycles. The summed E-state index contributed by atoms with van der Waals surface area (Å²) in [5, 5.41) is 11.8. The Morgan fingerprint density at radius 3 is 2.72 bits per heavy atom. The maximum Gasteiger partial charge on any atom is 0.337 e. The third-order valence-corrected chi connectivity index (χ3v) is 2.57. The Bertz CT molecular complexity index is 603. The van der Waals surface area contributed by atoms with Crippen LogP contribution in [0.2, 0.25) is 0 Å². The van der Waals surface area contributed by atoms with Gasteiger partial charge >= 0.3 is 5.97 Å². The van der Waals surface area contributed by atoms with Crippen LogP contribution >= 0.6 is 15.9 Å². The predicted octanol–water partition coefficient (Wildman–Crippen LogP) is 2.26. The van der Waals surface area contributed by atoms with E-state index in [0.29, 0.717) is 11.5 Å². The molecule has 2 aromatic heterocycles. The van der Waals surface area contributed by atoms with E-state index in [1.165, 1.54) is 12.3 Å². The molecule has 0 aromatic carbocycles. The number of aromatic nitrogens is 2. The summed E-state index contributed by atoms with van der Waals surface area (Å²) in [7, 11) is 0. The number of carboxylic acids is 1. The molecule has 0 aliphatic heterocycles. The first kappa shape index (κ1) is 12.3. The Morgan fingerprint density at radius 1 is 1.33 bits per heavy atom.